The highest BCUT2D eigenvalue weighted by Crippen LogP contribution is 2.23. The van der Waals surface area contributed by atoms with Gasteiger partial charge in [-0.15, -0.1) is 11.3 Å². The van der Waals surface area contributed by atoms with Crippen molar-refractivity contribution < 1.29 is 9.53 Å². The van der Waals surface area contributed by atoms with Crippen LogP contribution in [0.25, 0.3) is 0 Å². The van der Waals surface area contributed by atoms with Crippen LogP contribution in [0.15, 0.2) is 0 Å². The van der Waals surface area contributed by atoms with E-state index in [1.807, 2.05) is 18.7 Å². The Balaban J connectivity index is 2.55. The standard InChI is InChI=1S/C13H22N2O2S2/c1-5-17-12(16)11-10(4)19-13(15-11)14-9(3)7-8-18-6-2/h9H,5-8H2,1-4H3,(H,14,15). The molecular formula is C13H22N2O2S2. The fourth-order valence-corrected chi connectivity index (χ4v) is 3.26. The van der Waals surface area contributed by atoms with Gasteiger partial charge in [-0.25, -0.2) is 9.78 Å². The topological polar surface area (TPSA) is 51.2 Å². The molecule has 0 saturated heterocycles. The summed E-state index contributed by atoms with van der Waals surface area (Å²) >= 11 is 3.44. The maximum absolute atomic E-state index is 11.7. The molecule has 0 fully saturated rings. The van der Waals surface area contributed by atoms with Gasteiger partial charge in [0, 0.05) is 10.9 Å². The number of nitrogens with zero attached hydrogens (tertiary/aromatic N) is 1. The number of carbonyl (C=O) groups is 1. The van der Waals surface area contributed by atoms with E-state index in [4.69, 9.17) is 4.74 Å². The fourth-order valence-electron chi connectivity index (χ4n) is 1.53. The van der Waals surface area contributed by atoms with Gasteiger partial charge in [0.1, 0.15) is 0 Å². The van der Waals surface area contributed by atoms with Crippen LogP contribution in [0.3, 0.4) is 0 Å². The maximum atomic E-state index is 11.7. The highest BCUT2D eigenvalue weighted by Gasteiger charge is 2.17. The Bertz CT molecular complexity index is 407. The fraction of sp³-hybridized carbons (Fsp3) is 0.692. The van der Waals surface area contributed by atoms with E-state index in [2.05, 4.69) is 24.1 Å². The zero-order valence-corrected chi connectivity index (χ0v) is 13.6. The predicted octanol–water partition coefficient (Wildman–Crippen LogP) is 3.57. The summed E-state index contributed by atoms with van der Waals surface area (Å²) in [5, 5.41) is 4.15. The molecule has 0 spiro atoms. The first-order valence-corrected chi connectivity index (χ1v) is 8.54. The third-order valence-corrected chi connectivity index (χ3v) is 4.37. The van der Waals surface area contributed by atoms with E-state index in [0.717, 1.165) is 27.9 Å². The molecule has 0 amide bonds. The number of hydrogen-bond acceptors (Lipinski definition) is 6. The van der Waals surface area contributed by atoms with Crippen molar-refractivity contribution in [3.05, 3.63) is 10.6 Å². The molecule has 0 aliphatic heterocycles. The Morgan fingerprint density at radius 3 is 2.89 bits per heavy atom. The van der Waals surface area contributed by atoms with Gasteiger partial charge < -0.3 is 10.1 Å². The summed E-state index contributed by atoms with van der Waals surface area (Å²) in [7, 11) is 0. The average molecular weight is 302 g/mol. The number of ether oxygens (including phenoxy) is 1. The lowest BCUT2D eigenvalue weighted by Crippen LogP contribution is -2.16. The Labute approximate surface area is 123 Å². The SMILES string of the molecule is CCOC(=O)c1nc(NC(C)CCSCC)sc1C. The molecule has 1 heterocycles. The van der Waals surface area contributed by atoms with Crippen molar-refractivity contribution in [3.8, 4) is 0 Å². The molecule has 0 aliphatic carbocycles. The Hall–Kier alpha value is -0.750. The van der Waals surface area contributed by atoms with E-state index in [9.17, 15) is 4.79 Å². The Morgan fingerprint density at radius 2 is 2.26 bits per heavy atom. The second-order valence-electron chi connectivity index (χ2n) is 4.18. The number of anilines is 1. The molecule has 0 radical (unpaired) electrons. The first-order chi connectivity index (χ1) is 9.08. The first kappa shape index (κ1) is 16.3. The minimum absolute atomic E-state index is 0.335. The van der Waals surface area contributed by atoms with Crippen LogP contribution in [-0.2, 0) is 4.74 Å². The number of aromatic nitrogens is 1. The number of rotatable bonds is 8. The van der Waals surface area contributed by atoms with Crippen LogP contribution < -0.4 is 5.32 Å². The molecule has 1 atom stereocenters. The van der Waals surface area contributed by atoms with E-state index in [1.165, 1.54) is 11.3 Å². The van der Waals surface area contributed by atoms with Gasteiger partial charge in [0.05, 0.1) is 6.61 Å². The van der Waals surface area contributed by atoms with Crippen LogP contribution in [0.2, 0.25) is 0 Å². The van der Waals surface area contributed by atoms with Gasteiger partial charge in [0.25, 0.3) is 0 Å². The van der Waals surface area contributed by atoms with E-state index in [1.54, 1.807) is 6.92 Å². The number of thiazole rings is 1. The van der Waals surface area contributed by atoms with Gasteiger partial charge in [-0.1, -0.05) is 6.92 Å². The van der Waals surface area contributed by atoms with Crippen LogP contribution in [0, 0.1) is 6.92 Å². The molecular weight excluding hydrogens is 280 g/mol. The Morgan fingerprint density at radius 1 is 1.53 bits per heavy atom. The minimum atomic E-state index is -0.335. The second kappa shape index (κ2) is 8.43. The van der Waals surface area contributed by atoms with Crippen molar-refractivity contribution in [2.75, 3.05) is 23.4 Å². The van der Waals surface area contributed by atoms with Crippen LogP contribution >= 0.6 is 23.1 Å². The van der Waals surface area contributed by atoms with Crippen LogP contribution in [0.4, 0.5) is 5.13 Å². The zero-order chi connectivity index (χ0) is 14.3. The van der Waals surface area contributed by atoms with E-state index >= 15 is 0 Å². The van der Waals surface area contributed by atoms with Crippen molar-refractivity contribution in [1.82, 2.24) is 4.98 Å². The maximum Gasteiger partial charge on any atom is 0.358 e. The lowest BCUT2D eigenvalue weighted by atomic mass is 10.3. The molecule has 108 valence electrons. The van der Waals surface area contributed by atoms with Crippen molar-refractivity contribution >= 4 is 34.2 Å². The molecule has 0 saturated carbocycles. The number of thioether (sulfide) groups is 1. The summed E-state index contributed by atoms with van der Waals surface area (Å²) in [5.74, 6) is 1.95. The highest BCUT2D eigenvalue weighted by molar-refractivity contribution is 7.99. The van der Waals surface area contributed by atoms with Crippen molar-refractivity contribution in [2.24, 2.45) is 0 Å². The van der Waals surface area contributed by atoms with E-state index in [0.29, 0.717) is 18.3 Å². The zero-order valence-electron chi connectivity index (χ0n) is 12.0. The van der Waals surface area contributed by atoms with Crippen LogP contribution in [0.1, 0.15) is 42.6 Å². The minimum Gasteiger partial charge on any atom is -0.461 e. The van der Waals surface area contributed by atoms with Gasteiger partial charge in [-0.3, -0.25) is 0 Å². The smallest absolute Gasteiger partial charge is 0.358 e. The van der Waals surface area contributed by atoms with Crippen LogP contribution in [0.5, 0.6) is 0 Å². The number of esters is 1. The molecule has 1 rings (SSSR count). The molecule has 0 bridgehead atoms. The monoisotopic (exact) mass is 302 g/mol. The van der Waals surface area contributed by atoms with Crippen LogP contribution in [-0.4, -0.2) is 35.1 Å². The normalized spacial score (nSPS) is 12.2. The van der Waals surface area contributed by atoms with E-state index < -0.39 is 0 Å². The predicted molar refractivity (Wildman–Crippen MR) is 83.5 cm³/mol. The highest BCUT2D eigenvalue weighted by atomic mass is 32.2. The number of nitrogens with one attached hydrogen (secondary N) is 1. The molecule has 1 N–H and O–H groups in total. The molecule has 0 aromatic carbocycles. The number of aryl methyl sites for hydroxylation is 1. The van der Waals surface area contributed by atoms with Gasteiger partial charge >= 0.3 is 5.97 Å². The number of carbonyl (C=O) groups excluding carboxylic acids is 1. The molecule has 19 heavy (non-hydrogen) atoms. The van der Waals surface area contributed by atoms with Gasteiger partial charge in [-0.05, 0) is 38.7 Å². The molecule has 0 aliphatic rings. The summed E-state index contributed by atoms with van der Waals surface area (Å²) in [6.07, 6.45) is 1.09. The number of hydrogen-bond donors (Lipinski definition) is 1. The summed E-state index contributed by atoms with van der Waals surface area (Å²) in [6.45, 7) is 8.37. The van der Waals surface area contributed by atoms with Crippen molar-refractivity contribution in [1.29, 1.82) is 0 Å². The Kier molecular flexibility index (Phi) is 7.23. The summed E-state index contributed by atoms with van der Waals surface area (Å²) in [4.78, 5) is 16.9. The van der Waals surface area contributed by atoms with Gasteiger partial charge in [-0.2, -0.15) is 11.8 Å². The van der Waals surface area contributed by atoms with Crippen molar-refractivity contribution in [2.45, 2.75) is 40.2 Å². The summed E-state index contributed by atoms with van der Waals surface area (Å²) < 4.78 is 4.98. The average Bonchev–Trinajstić information content (AvgIpc) is 2.71. The molecule has 4 nitrogen and oxygen atoms in total. The van der Waals surface area contributed by atoms with Gasteiger partial charge in [0.2, 0.25) is 0 Å². The molecule has 1 aromatic heterocycles. The first-order valence-electron chi connectivity index (χ1n) is 6.57. The van der Waals surface area contributed by atoms with Crippen molar-refractivity contribution in [3.63, 3.8) is 0 Å². The summed E-state index contributed by atoms with van der Waals surface area (Å²) in [5.41, 5.74) is 0.435. The molecule has 1 aromatic rings. The van der Waals surface area contributed by atoms with Gasteiger partial charge in [0.15, 0.2) is 10.8 Å². The lowest BCUT2D eigenvalue weighted by molar-refractivity contribution is 0.0519. The largest absolute Gasteiger partial charge is 0.461 e. The lowest BCUT2D eigenvalue weighted by Gasteiger charge is -2.11. The molecule has 6 heteroatoms. The quantitative estimate of drug-likeness (QED) is 0.587. The van der Waals surface area contributed by atoms with E-state index in [-0.39, 0.29) is 5.97 Å². The summed E-state index contributed by atoms with van der Waals surface area (Å²) in [6, 6.07) is 0.361. The third-order valence-electron chi connectivity index (χ3n) is 2.53. The third kappa shape index (κ3) is 5.40. The molecule has 1 unspecified atom stereocenters. The second-order valence-corrected chi connectivity index (χ2v) is 6.77.